The van der Waals surface area contributed by atoms with Crippen molar-refractivity contribution in [3.63, 3.8) is 0 Å². The number of ether oxygens (including phenoxy) is 1. The Morgan fingerprint density at radius 1 is 1.00 bits per heavy atom. The van der Waals surface area contributed by atoms with Crippen molar-refractivity contribution in [2.24, 2.45) is 0 Å². The van der Waals surface area contributed by atoms with E-state index in [1.807, 2.05) is 55.5 Å². The number of hydrogen-bond donors (Lipinski definition) is 2. The molecule has 132 valence electrons. The highest BCUT2D eigenvalue weighted by atomic mass is 16.5. The van der Waals surface area contributed by atoms with Crippen molar-refractivity contribution in [1.82, 2.24) is 0 Å². The van der Waals surface area contributed by atoms with E-state index in [-0.39, 0.29) is 5.56 Å². The number of carbonyl (C=O) groups is 2. The minimum atomic E-state index is -0.950. The summed E-state index contributed by atoms with van der Waals surface area (Å²) in [5.41, 5.74) is 7.96. The SMILES string of the molecule is Cc1cccc(C(=O)OC(C)C(=O)Nc2ccc3ccccc3c2)c1N. The first-order valence-corrected chi connectivity index (χ1v) is 8.31. The highest BCUT2D eigenvalue weighted by Crippen LogP contribution is 2.20. The first-order chi connectivity index (χ1) is 12.5. The number of nitrogens with one attached hydrogen (secondary N) is 1. The largest absolute Gasteiger partial charge is 0.449 e. The molecule has 1 amide bonds. The summed E-state index contributed by atoms with van der Waals surface area (Å²) in [7, 11) is 0. The Kier molecular flexibility index (Phi) is 4.89. The van der Waals surface area contributed by atoms with Crippen LogP contribution in [-0.4, -0.2) is 18.0 Å². The lowest BCUT2D eigenvalue weighted by Crippen LogP contribution is -2.30. The van der Waals surface area contributed by atoms with Gasteiger partial charge in [0.25, 0.3) is 5.91 Å². The van der Waals surface area contributed by atoms with E-state index in [1.165, 1.54) is 6.92 Å². The molecular weight excluding hydrogens is 328 g/mol. The number of amides is 1. The first kappa shape index (κ1) is 17.5. The zero-order valence-electron chi connectivity index (χ0n) is 14.7. The fourth-order valence-corrected chi connectivity index (χ4v) is 2.65. The molecule has 5 nitrogen and oxygen atoms in total. The Morgan fingerprint density at radius 3 is 2.50 bits per heavy atom. The molecule has 3 aromatic carbocycles. The normalized spacial score (nSPS) is 11.8. The standard InChI is InChI=1S/C21H20N2O3/c1-13-6-5-9-18(19(13)22)21(25)26-14(2)20(24)23-17-11-10-15-7-3-4-8-16(15)12-17/h3-12,14H,22H2,1-2H3,(H,23,24). The number of rotatable bonds is 4. The minimum Gasteiger partial charge on any atom is -0.449 e. The molecule has 0 fully saturated rings. The van der Waals surface area contributed by atoms with Gasteiger partial charge in [-0.15, -0.1) is 0 Å². The van der Waals surface area contributed by atoms with Crippen LogP contribution in [0, 0.1) is 6.92 Å². The predicted octanol–water partition coefficient (Wildman–Crippen LogP) is 3.91. The van der Waals surface area contributed by atoms with Gasteiger partial charge in [-0.3, -0.25) is 4.79 Å². The highest BCUT2D eigenvalue weighted by Gasteiger charge is 2.21. The maximum atomic E-state index is 12.3. The third kappa shape index (κ3) is 3.67. The summed E-state index contributed by atoms with van der Waals surface area (Å²) in [6.45, 7) is 3.34. The van der Waals surface area contributed by atoms with Gasteiger partial charge in [-0.1, -0.05) is 42.5 Å². The van der Waals surface area contributed by atoms with Gasteiger partial charge in [0.1, 0.15) is 0 Å². The van der Waals surface area contributed by atoms with E-state index in [1.54, 1.807) is 12.1 Å². The van der Waals surface area contributed by atoms with Crippen molar-refractivity contribution in [2.45, 2.75) is 20.0 Å². The lowest BCUT2D eigenvalue weighted by Gasteiger charge is -2.15. The van der Waals surface area contributed by atoms with Gasteiger partial charge in [0.05, 0.1) is 5.56 Å². The molecule has 0 heterocycles. The zero-order valence-corrected chi connectivity index (χ0v) is 14.7. The van der Waals surface area contributed by atoms with Gasteiger partial charge in [0.2, 0.25) is 0 Å². The minimum absolute atomic E-state index is 0.260. The van der Waals surface area contributed by atoms with Crippen LogP contribution in [0.15, 0.2) is 60.7 Å². The summed E-state index contributed by atoms with van der Waals surface area (Å²) in [6.07, 6.45) is -0.950. The Labute approximate surface area is 151 Å². The molecule has 0 bridgehead atoms. The highest BCUT2D eigenvalue weighted by molar-refractivity contribution is 6.00. The second-order valence-corrected chi connectivity index (χ2v) is 6.13. The van der Waals surface area contributed by atoms with Crippen molar-refractivity contribution in [1.29, 1.82) is 0 Å². The number of anilines is 2. The van der Waals surface area contributed by atoms with Crippen LogP contribution in [-0.2, 0) is 9.53 Å². The van der Waals surface area contributed by atoms with Crippen molar-refractivity contribution in [3.05, 3.63) is 71.8 Å². The van der Waals surface area contributed by atoms with Crippen molar-refractivity contribution >= 4 is 34.0 Å². The van der Waals surface area contributed by atoms with E-state index in [4.69, 9.17) is 10.5 Å². The lowest BCUT2D eigenvalue weighted by atomic mass is 10.1. The lowest BCUT2D eigenvalue weighted by molar-refractivity contribution is -0.123. The first-order valence-electron chi connectivity index (χ1n) is 8.31. The molecule has 3 aromatic rings. The fourth-order valence-electron chi connectivity index (χ4n) is 2.65. The molecule has 0 saturated heterocycles. The fraction of sp³-hybridized carbons (Fsp3) is 0.143. The number of esters is 1. The molecule has 0 radical (unpaired) electrons. The maximum absolute atomic E-state index is 12.3. The molecule has 0 aliphatic heterocycles. The topological polar surface area (TPSA) is 81.4 Å². The molecule has 0 saturated carbocycles. The predicted molar refractivity (Wildman–Crippen MR) is 103 cm³/mol. The molecular formula is C21H20N2O3. The van der Waals surface area contributed by atoms with Crippen LogP contribution in [0.2, 0.25) is 0 Å². The molecule has 1 unspecified atom stereocenters. The van der Waals surface area contributed by atoms with Crippen LogP contribution in [0.4, 0.5) is 11.4 Å². The van der Waals surface area contributed by atoms with Gasteiger partial charge in [-0.2, -0.15) is 0 Å². The molecule has 3 N–H and O–H groups in total. The Balaban J connectivity index is 1.69. The van der Waals surface area contributed by atoms with Crippen molar-refractivity contribution < 1.29 is 14.3 Å². The van der Waals surface area contributed by atoms with Gasteiger partial charge in [0, 0.05) is 11.4 Å². The van der Waals surface area contributed by atoms with Crippen LogP contribution in [0.5, 0.6) is 0 Å². The number of hydrogen-bond acceptors (Lipinski definition) is 4. The summed E-state index contributed by atoms with van der Waals surface area (Å²) in [5, 5.41) is 4.87. The summed E-state index contributed by atoms with van der Waals surface area (Å²) in [5.74, 6) is -1.02. The molecule has 0 aliphatic carbocycles. The maximum Gasteiger partial charge on any atom is 0.341 e. The smallest absolute Gasteiger partial charge is 0.341 e. The van der Waals surface area contributed by atoms with E-state index in [2.05, 4.69) is 5.32 Å². The molecule has 3 rings (SSSR count). The molecule has 0 aromatic heterocycles. The van der Waals surface area contributed by atoms with Crippen molar-refractivity contribution in [2.75, 3.05) is 11.1 Å². The summed E-state index contributed by atoms with van der Waals surface area (Å²) >= 11 is 0. The number of carbonyl (C=O) groups excluding carboxylic acids is 2. The Morgan fingerprint density at radius 2 is 1.73 bits per heavy atom. The van der Waals surface area contributed by atoms with E-state index >= 15 is 0 Å². The van der Waals surface area contributed by atoms with E-state index < -0.39 is 18.0 Å². The van der Waals surface area contributed by atoms with E-state index in [0.29, 0.717) is 11.4 Å². The Bertz CT molecular complexity index is 982. The molecule has 0 spiro atoms. The third-order valence-corrected chi connectivity index (χ3v) is 4.21. The van der Waals surface area contributed by atoms with Gasteiger partial charge >= 0.3 is 5.97 Å². The number of fused-ring (bicyclic) bond motifs is 1. The molecule has 1 atom stereocenters. The number of benzene rings is 3. The number of nitrogens with two attached hydrogens (primary N) is 1. The van der Waals surface area contributed by atoms with Crippen LogP contribution in [0.1, 0.15) is 22.8 Å². The van der Waals surface area contributed by atoms with Gasteiger partial charge in [-0.25, -0.2) is 4.79 Å². The average Bonchev–Trinajstić information content (AvgIpc) is 2.63. The van der Waals surface area contributed by atoms with Gasteiger partial charge < -0.3 is 15.8 Å². The van der Waals surface area contributed by atoms with Crippen LogP contribution in [0.25, 0.3) is 10.8 Å². The monoisotopic (exact) mass is 348 g/mol. The Hall–Kier alpha value is -3.34. The second-order valence-electron chi connectivity index (χ2n) is 6.13. The number of aryl methyl sites for hydroxylation is 1. The van der Waals surface area contributed by atoms with Gasteiger partial charge in [-0.05, 0) is 48.4 Å². The van der Waals surface area contributed by atoms with E-state index in [0.717, 1.165) is 16.3 Å². The molecule has 5 heteroatoms. The van der Waals surface area contributed by atoms with Crippen LogP contribution >= 0.6 is 0 Å². The van der Waals surface area contributed by atoms with Crippen molar-refractivity contribution in [3.8, 4) is 0 Å². The average molecular weight is 348 g/mol. The summed E-state index contributed by atoms with van der Waals surface area (Å²) in [4.78, 5) is 24.6. The summed E-state index contributed by atoms with van der Waals surface area (Å²) in [6, 6.07) is 18.6. The van der Waals surface area contributed by atoms with E-state index in [9.17, 15) is 9.59 Å². The van der Waals surface area contributed by atoms with Crippen LogP contribution < -0.4 is 11.1 Å². The van der Waals surface area contributed by atoms with Gasteiger partial charge in [0.15, 0.2) is 6.10 Å². The molecule has 0 aliphatic rings. The zero-order chi connectivity index (χ0) is 18.7. The third-order valence-electron chi connectivity index (χ3n) is 4.21. The summed E-state index contributed by atoms with van der Waals surface area (Å²) < 4.78 is 5.26. The number of para-hydroxylation sites is 1. The molecule has 26 heavy (non-hydrogen) atoms. The quantitative estimate of drug-likeness (QED) is 0.553. The second kappa shape index (κ2) is 7.27. The van der Waals surface area contributed by atoms with Crippen LogP contribution in [0.3, 0.4) is 0 Å². The number of nitrogen functional groups attached to an aromatic ring is 1.